The molecule has 0 bridgehead atoms. The standard InChI is InChI=1S/C16H13N3O3S/c20-15(9-6-11-4-2-1-3-5-11)18-16-17-13-8-7-12(19(21)22)10-14(13)23-16/h1-5,7-8,10H,6,9H2,(H,17,18,20). The molecular formula is C16H13N3O3S. The van der Waals surface area contributed by atoms with E-state index in [2.05, 4.69) is 10.3 Å². The van der Waals surface area contributed by atoms with Crippen molar-refractivity contribution in [1.29, 1.82) is 0 Å². The fourth-order valence-electron chi connectivity index (χ4n) is 2.16. The van der Waals surface area contributed by atoms with Gasteiger partial charge in [-0.3, -0.25) is 14.9 Å². The summed E-state index contributed by atoms with van der Waals surface area (Å²) in [6.07, 6.45) is 1.02. The molecule has 6 nitrogen and oxygen atoms in total. The second-order valence-corrected chi connectivity index (χ2v) is 5.99. The first-order chi connectivity index (χ1) is 11.1. The molecule has 0 atom stereocenters. The highest BCUT2D eigenvalue weighted by Crippen LogP contribution is 2.29. The van der Waals surface area contributed by atoms with Crippen molar-refractivity contribution in [2.75, 3.05) is 5.32 Å². The quantitative estimate of drug-likeness (QED) is 0.571. The average molecular weight is 327 g/mol. The predicted molar refractivity (Wildman–Crippen MR) is 89.7 cm³/mol. The minimum Gasteiger partial charge on any atom is -0.302 e. The number of amides is 1. The van der Waals surface area contributed by atoms with E-state index in [1.54, 1.807) is 6.07 Å². The van der Waals surface area contributed by atoms with Crippen molar-refractivity contribution in [2.45, 2.75) is 12.8 Å². The third-order valence-corrected chi connectivity index (χ3v) is 4.25. The lowest BCUT2D eigenvalue weighted by Gasteiger charge is -2.01. The molecule has 1 aromatic heterocycles. The minimum absolute atomic E-state index is 0.0168. The van der Waals surface area contributed by atoms with Gasteiger partial charge in [0.1, 0.15) is 0 Å². The molecular weight excluding hydrogens is 314 g/mol. The number of anilines is 1. The van der Waals surface area contributed by atoms with Crippen LogP contribution in [0.4, 0.5) is 10.8 Å². The summed E-state index contributed by atoms with van der Waals surface area (Å²) in [5, 5.41) is 14.0. The number of fused-ring (bicyclic) bond motifs is 1. The minimum atomic E-state index is -0.447. The van der Waals surface area contributed by atoms with E-state index in [4.69, 9.17) is 0 Å². The number of nitrogens with one attached hydrogen (secondary N) is 1. The number of thiazole rings is 1. The van der Waals surface area contributed by atoms with Crippen LogP contribution in [0.1, 0.15) is 12.0 Å². The summed E-state index contributed by atoms with van der Waals surface area (Å²) >= 11 is 1.23. The molecule has 0 spiro atoms. The Morgan fingerprint density at radius 2 is 2.00 bits per heavy atom. The predicted octanol–water partition coefficient (Wildman–Crippen LogP) is 3.78. The van der Waals surface area contributed by atoms with Crippen LogP contribution in [0, 0.1) is 10.1 Å². The Labute approximate surface area is 135 Å². The van der Waals surface area contributed by atoms with E-state index >= 15 is 0 Å². The van der Waals surface area contributed by atoms with Crippen LogP contribution < -0.4 is 5.32 Å². The number of nitrogens with zero attached hydrogens (tertiary/aromatic N) is 2. The summed E-state index contributed by atoms with van der Waals surface area (Å²) in [6, 6.07) is 14.2. The van der Waals surface area contributed by atoms with Crippen molar-refractivity contribution in [1.82, 2.24) is 4.98 Å². The Bertz CT molecular complexity index is 861. The van der Waals surface area contributed by atoms with Crippen molar-refractivity contribution in [3.05, 3.63) is 64.2 Å². The van der Waals surface area contributed by atoms with Gasteiger partial charge in [-0.1, -0.05) is 41.7 Å². The number of carbonyl (C=O) groups is 1. The Morgan fingerprint density at radius 3 is 2.74 bits per heavy atom. The van der Waals surface area contributed by atoms with Crippen LogP contribution in [0.5, 0.6) is 0 Å². The molecule has 0 saturated heterocycles. The van der Waals surface area contributed by atoms with Crippen LogP contribution in [0.2, 0.25) is 0 Å². The van der Waals surface area contributed by atoms with Crippen molar-refractivity contribution < 1.29 is 9.72 Å². The average Bonchev–Trinajstić information content (AvgIpc) is 2.95. The van der Waals surface area contributed by atoms with Crippen LogP contribution in [-0.4, -0.2) is 15.8 Å². The van der Waals surface area contributed by atoms with Crippen LogP contribution in [0.25, 0.3) is 10.2 Å². The van der Waals surface area contributed by atoms with Gasteiger partial charge in [-0.15, -0.1) is 0 Å². The monoisotopic (exact) mass is 327 g/mol. The van der Waals surface area contributed by atoms with Crippen LogP contribution in [-0.2, 0) is 11.2 Å². The molecule has 0 saturated carbocycles. The summed E-state index contributed by atoms with van der Waals surface area (Å²) in [5.74, 6) is -0.123. The van der Waals surface area contributed by atoms with Gasteiger partial charge in [0.2, 0.25) is 5.91 Å². The zero-order chi connectivity index (χ0) is 16.2. The number of hydrogen-bond acceptors (Lipinski definition) is 5. The molecule has 0 aliphatic carbocycles. The fraction of sp³-hybridized carbons (Fsp3) is 0.125. The Kier molecular flexibility index (Phi) is 4.29. The molecule has 1 amide bonds. The number of aryl methyl sites for hydroxylation is 1. The normalized spacial score (nSPS) is 10.6. The van der Waals surface area contributed by atoms with Gasteiger partial charge < -0.3 is 5.32 Å². The lowest BCUT2D eigenvalue weighted by atomic mass is 10.1. The van der Waals surface area contributed by atoms with Crippen molar-refractivity contribution in [3.8, 4) is 0 Å². The van der Waals surface area contributed by atoms with E-state index in [-0.39, 0.29) is 11.6 Å². The second kappa shape index (κ2) is 6.53. The van der Waals surface area contributed by atoms with Crippen LogP contribution in [0.15, 0.2) is 48.5 Å². The Morgan fingerprint density at radius 1 is 1.22 bits per heavy atom. The molecule has 1 heterocycles. The van der Waals surface area contributed by atoms with Crippen LogP contribution in [0.3, 0.4) is 0 Å². The molecule has 116 valence electrons. The van der Waals surface area contributed by atoms with Gasteiger partial charge >= 0.3 is 0 Å². The van der Waals surface area contributed by atoms with Gasteiger partial charge in [0, 0.05) is 18.6 Å². The summed E-state index contributed by atoms with van der Waals surface area (Å²) in [5.41, 5.74) is 1.75. The lowest BCUT2D eigenvalue weighted by molar-refractivity contribution is -0.384. The number of aromatic nitrogens is 1. The number of carbonyl (C=O) groups excluding carboxylic acids is 1. The first-order valence-electron chi connectivity index (χ1n) is 7.00. The van der Waals surface area contributed by atoms with Gasteiger partial charge in [-0.05, 0) is 18.1 Å². The second-order valence-electron chi connectivity index (χ2n) is 4.96. The molecule has 0 aliphatic heterocycles. The van der Waals surface area contributed by atoms with E-state index in [1.807, 2.05) is 30.3 Å². The van der Waals surface area contributed by atoms with Gasteiger partial charge in [0.25, 0.3) is 5.69 Å². The fourth-order valence-corrected chi connectivity index (χ4v) is 3.08. The first-order valence-corrected chi connectivity index (χ1v) is 7.82. The maximum Gasteiger partial charge on any atom is 0.270 e. The number of nitro groups is 1. The van der Waals surface area contributed by atoms with Crippen LogP contribution >= 0.6 is 11.3 Å². The number of rotatable bonds is 5. The van der Waals surface area contributed by atoms with E-state index in [0.29, 0.717) is 28.2 Å². The maximum atomic E-state index is 12.0. The molecule has 0 fully saturated rings. The molecule has 0 aliphatic rings. The molecule has 7 heteroatoms. The zero-order valence-electron chi connectivity index (χ0n) is 12.1. The summed E-state index contributed by atoms with van der Waals surface area (Å²) in [7, 11) is 0. The molecule has 3 aromatic rings. The number of nitro benzene ring substituents is 1. The van der Waals surface area contributed by atoms with Gasteiger partial charge in [0.15, 0.2) is 5.13 Å². The third kappa shape index (κ3) is 3.70. The van der Waals surface area contributed by atoms with Gasteiger partial charge in [0.05, 0.1) is 15.1 Å². The molecule has 3 rings (SSSR count). The van der Waals surface area contributed by atoms with E-state index in [9.17, 15) is 14.9 Å². The smallest absolute Gasteiger partial charge is 0.270 e. The van der Waals surface area contributed by atoms with Crippen molar-refractivity contribution in [2.24, 2.45) is 0 Å². The molecule has 2 aromatic carbocycles. The first kappa shape index (κ1) is 15.1. The van der Waals surface area contributed by atoms with E-state index in [0.717, 1.165) is 5.56 Å². The third-order valence-electron chi connectivity index (χ3n) is 3.31. The van der Waals surface area contributed by atoms with Crippen molar-refractivity contribution >= 4 is 38.3 Å². The highest BCUT2D eigenvalue weighted by molar-refractivity contribution is 7.22. The van der Waals surface area contributed by atoms with Gasteiger partial charge in [-0.2, -0.15) is 0 Å². The van der Waals surface area contributed by atoms with Gasteiger partial charge in [-0.25, -0.2) is 4.98 Å². The number of benzene rings is 2. The largest absolute Gasteiger partial charge is 0.302 e. The maximum absolute atomic E-state index is 12.0. The molecule has 23 heavy (non-hydrogen) atoms. The summed E-state index contributed by atoms with van der Waals surface area (Å²) in [6.45, 7) is 0. The SMILES string of the molecule is O=C(CCc1ccccc1)Nc1nc2ccc([N+](=O)[O-])cc2s1. The Balaban J connectivity index is 1.66. The highest BCUT2D eigenvalue weighted by atomic mass is 32.1. The van der Waals surface area contributed by atoms with Crippen molar-refractivity contribution in [3.63, 3.8) is 0 Å². The van der Waals surface area contributed by atoms with E-state index < -0.39 is 4.92 Å². The Hall–Kier alpha value is -2.80. The molecule has 0 radical (unpaired) electrons. The topological polar surface area (TPSA) is 85.1 Å². The zero-order valence-corrected chi connectivity index (χ0v) is 12.9. The molecule has 0 unspecified atom stereocenters. The summed E-state index contributed by atoms with van der Waals surface area (Å²) in [4.78, 5) is 26.6. The number of non-ortho nitro benzene ring substituents is 1. The van der Waals surface area contributed by atoms with E-state index in [1.165, 1.54) is 23.5 Å². The lowest BCUT2D eigenvalue weighted by Crippen LogP contribution is -2.11. The highest BCUT2D eigenvalue weighted by Gasteiger charge is 2.12. The summed E-state index contributed by atoms with van der Waals surface area (Å²) < 4.78 is 0.678. The number of hydrogen-bond donors (Lipinski definition) is 1. The molecule has 1 N–H and O–H groups in total.